The van der Waals surface area contributed by atoms with E-state index in [1.54, 1.807) is 13.1 Å². The molecule has 0 saturated carbocycles. The van der Waals surface area contributed by atoms with E-state index in [-0.39, 0.29) is 5.75 Å². The van der Waals surface area contributed by atoms with Crippen molar-refractivity contribution < 1.29 is 5.11 Å². The average molecular weight is 184 g/mol. The van der Waals surface area contributed by atoms with Crippen LogP contribution in [0.25, 0.3) is 0 Å². The summed E-state index contributed by atoms with van der Waals surface area (Å²) < 4.78 is 0. The highest BCUT2D eigenvalue weighted by molar-refractivity contribution is 7.79. The molecule has 0 aliphatic rings. The van der Waals surface area contributed by atoms with Gasteiger partial charge in [-0.25, -0.2) is 0 Å². The van der Waals surface area contributed by atoms with Crippen LogP contribution in [0.2, 0.25) is 0 Å². The van der Waals surface area contributed by atoms with Crippen molar-refractivity contribution in [1.29, 1.82) is 0 Å². The number of hydrogen-bond donors (Lipinski definition) is 3. The maximum atomic E-state index is 9.53. The molecule has 12 heavy (non-hydrogen) atoms. The Morgan fingerprint density at radius 2 is 2.33 bits per heavy atom. The van der Waals surface area contributed by atoms with Gasteiger partial charge in [0.25, 0.3) is 0 Å². The quantitative estimate of drug-likeness (QED) is 0.601. The van der Waals surface area contributed by atoms with Crippen LogP contribution in [0.1, 0.15) is 16.8 Å². The number of nitrogens with zero attached hydrogens (tertiary/aromatic N) is 1. The van der Waals surface area contributed by atoms with Crippen molar-refractivity contribution in [1.82, 2.24) is 4.98 Å². The highest BCUT2D eigenvalue weighted by Gasteiger charge is 2.08. The molecule has 0 saturated heterocycles. The first kappa shape index (κ1) is 9.35. The molecule has 0 aromatic carbocycles. The molecule has 3 N–H and O–H groups in total. The zero-order valence-corrected chi connectivity index (χ0v) is 7.80. The SMILES string of the molecule is Cc1ncc(CS)c(CN)c1O. The van der Waals surface area contributed by atoms with Gasteiger partial charge in [0, 0.05) is 24.1 Å². The van der Waals surface area contributed by atoms with Crippen molar-refractivity contribution in [2.45, 2.75) is 19.2 Å². The van der Waals surface area contributed by atoms with Crippen LogP contribution in [0.5, 0.6) is 5.75 Å². The second-order valence-corrected chi connectivity index (χ2v) is 2.87. The predicted molar refractivity (Wildman–Crippen MR) is 51.2 cm³/mol. The van der Waals surface area contributed by atoms with Crippen LogP contribution < -0.4 is 5.73 Å². The highest BCUT2D eigenvalue weighted by atomic mass is 32.1. The first-order valence-corrected chi connectivity index (χ1v) is 4.31. The lowest BCUT2D eigenvalue weighted by molar-refractivity contribution is 0.459. The molecule has 0 aliphatic carbocycles. The lowest BCUT2D eigenvalue weighted by Gasteiger charge is -2.08. The molecule has 0 spiro atoms. The monoisotopic (exact) mass is 184 g/mol. The van der Waals surface area contributed by atoms with Gasteiger partial charge in [0.1, 0.15) is 5.75 Å². The summed E-state index contributed by atoms with van der Waals surface area (Å²) >= 11 is 4.11. The standard InChI is InChI=1S/C8H12N2OS/c1-5-8(11)7(2-9)6(4-12)3-10-5/h3,11-12H,2,4,9H2,1H3. The topological polar surface area (TPSA) is 59.1 Å². The van der Waals surface area contributed by atoms with E-state index in [1.807, 2.05) is 0 Å². The Hall–Kier alpha value is -0.740. The number of pyridine rings is 1. The third-order valence-electron chi connectivity index (χ3n) is 1.80. The minimum Gasteiger partial charge on any atom is -0.506 e. The Kier molecular flexibility index (Phi) is 2.94. The Bertz CT molecular complexity index is 289. The number of rotatable bonds is 2. The van der Waals surface area contributed by atoms with Crippen LogP contribution in [0.4, 0.5) is 0 Å². The van der Waals surface area contributed by atoms with Crippen molar-refractivity contribution in [2.75, 3.05) is 0 Å². The number of hydrogen-bond acceptors (Lipinski definition) is 4. The largest absolute Gasteiger partial charge is 0.506 e. The summed E-state index contributed by atoms with van der Waals surface area (Å²) in [6, 6.07) is 0. The summed E-state index contributed by atoms with van der Waals surface area (Å²) in [7, 11) is 0. The number of aromatic nitrogens is 1. The number of aromatic hydroxyl groups is 1. The summed E-state index contributed by atoms with van der Waals surface area (Å²) in [6.45, 7) is 2.07. The van der Waals surface area contributed by atoms with E-state index in [9.17, 15) is 5.11 Å². The van der Waals surface area contributed by atoms with Crippen LogP contribution in [-0.4, -0.2) is 10.1 Å². The molecule has 0 amide bonds. The lowest BCUT2D eigenvalue weighted by Crippen LogP contribution is -2.03. The molecule has 66 valence electrons. The first-order valence-electron chi connectivity index (χ1n) is 3.68. The lowest BCUT2D eigenvalue weighted by atomic mass is 10.1. The third-order valence-corrected chi connectivity index (χ3v) is 2.15. The van der Waals surface area contributed by atoms with Crippen LogP contribution in [0, 0.1) is 6.92 Å². The number of nitrogens with two attached hydrogens (primary N) is 1. The smallest absolute Gasteiger partial charge is 0.141 e. The van der Waals surface area contributed by atoms with Gasteiger partial charge in [-0.1, -0.05) is 0 Å². The highest BCUT2D eigenvalue weighted by Crippen LogP contribution is 2.23. The van der Waals surface area contributed by atoms with Crippen LogP contribution in [-0.2, 0) is 12.3 Å². The van der Waals surface area contributed by atoms with E-state index in [0.717, 1.165) is 11.1 Å². The minimum absolute atomic E-state index is 0.198. The average Bonchev–Trinajstić information content (AvgIpc) is 2.09. The van der Waals surface area contributed by atoms with Crippen LogP contribution >= 0.6 is 12.6 Å². The van der Waals surface area contributed by atoms with Crippen molar-refractivity contribution in [3.63, 3.8) is 0 Å². The molecule has 0 bridgehead atoms. The zero-order valence-electron chi connectivity index (χ0n) is 6.91. The molecule has 1 aromatic heterocycles. The van der Waals surface area contributed by atoms with E-state index < -0.39 is 0 Å². The summed E-state index contributed by atoms with van der Waals surface area (Å²) in [4.78, 5) is 4.00. The normalized spacial score (nSPS) is 10.2. The van der Waals surface area contributed by atoms with Crippen molar-refractivity contribution >= 4 is 12.6 Å². The molecule has 1 rings (SSSR count). The molecular weight excluding hydrogens is 172 g/mol. The molecule has 0 fully saturated rings. The maximum Gasteiger partial charge on any atom is 0.141 e. The van der Waals surface area contributed by atoms with E-state index in [2.05, 4.69) is 17.6 Å². The summed E-state index contributed by atoms with van der Waals surface area (Å²) in [6.07, 6.45) is 1.70. The third kappa shape index (κ3) is 1.54. The molecular formula is C8H12N2OS. The van der Waals surface area contributed by atoms with Gasteiger partial charge >= 0.3 is 0 Å². The van der Waals surface area contributed by atoms with Gasteiger partial charge in [0.15, 0.2) is 0 Å². The maximum absolute atomic E-state index is 9.53. The fourth-order valence-corrected chi connectivity index (χ4v) is 1.32. The van der Waals surface area contributed by atoms with Crippen molar-refractivity contribution in [3.8, 4) is 5.75 Å². The van der Waals surface area contributed by atoms with Crippen molar-refractivity contribution in [3.05, 3.63) is 23.0 Å². The molecule has 0 radical (unpaired) electrons. The second-order valence-electron chi connectivity index (χ2n) is 2.56. The fourth-order valence-electron chi connectivity index (χ4n) is 1.05. The number of aryl methyl sites for hydroxylation is 1. The minimum atomic E-state index is 0.198. The Morgan fingerprint density at radius 3 is 2.83 bits per heavy atom. The van der Waals surface area contributed by atoms with E-state index in [1.165, 1.54) is 0 Å². The van der Waals surface area contributed by atoms with Crippen LogP contribution in [0.3, 0.4) is 0 Å². The van der Waals surface area contributed by atoms with Gasteiger partial charge in [-0.2, -0.15) is 12.6 Å². The summed E-state index contributed by atoms with van der Waals surface area (Å²) in [5.41, 5.74) is 7.73. The molecule has 0 atom stereocenters. The number of thiol groups is 1. The van der Waals surface area contributed by atoms with E-state index in [4.69, 9.17) is 5.73 Å². The molecule has 1 heterocycles. The van der Waals surface area contributed by atoms with Crippen molar-refractivity contribution in [2.24, 2.45) is 5.73 Å². The molecule has 3 nitrogen and oxygen atoms in total. The van der Waals surface area contributed by atoms with E-state index in [0.29, 0.717) is 18.0 Å². The predicted octanol–water partition coefficient (Wildman–Crippen LogP) is 0.984. The van der Waals surface area contributed by atoms with Gasteiger partial charge in [-0.15, -0.1) is 0 Å². The van der Waals surface area contributed by atoms with Gasteiger partial charge < -0.3 is 10.8 Å². The summed E-state index contributed by atoms with van der Waals surface area (Å²) in [5.74, 6) is 0.747. The molecule has 4 heteroatoms. The fraction of sp³-hybridized carbons (Fsp3) is 0.375. The van der Waals surface area contributed by atoms with Gasteiger partial charge in [-0.3, -0.25) is 4.98 Å². The molecule has 1 aromatic rings. The molecule has 0 unspecified atom stereocenters. The summed E-state index contributed by atoms with van der Waals surface area (Å²) in [5, 5.41) is 9.53. The Morgan fingerprint density at radius 1 is 1.67 bits per heavy atom. The van der Waals surface area contributed by atoms with Gasteiger partial charge in [0.2, 0.25) is 0 Å². The van der Waals surface area contributed by atoms with E-state index >= 15 is 0 Å². The molecule has 0 aliphatic heterocycles. The zero-order chi connectivity index (χ0) is 9.14. The second kappa shape index (κ2) is 3.78. The first-order chi connectivity index (χ1) is 5.70. The van der Waals surface area contributed by atoms with Gasteiger partial charge in [0.05, 0.1) is 5.69 Å². The Balaban J connectivity index is 3.25. The van der Waals surface area contributed by atoms with Gasteiger partial charge in [-0.05, 0) is 12.5 Å². The Labute approximate surface area is 77.0 Å². The van der Waals surface area contributed by atoms with Crippen LogP contribution in [0.15, 0.2) is 6.20 Å².